The van der Waals surface area contributed by atoms with E-state index in [0.717, 1.165) is 12.5 Å². The van der Waals surface area contributed by atoms with E-state index < -0.39 is 22.8 Å². The Hall–Kier alpha value is -2.98. The molecule has 1 atom stereocenters. The van der Waals surface area contributed by atoms with Gasteiger partial charge in [-0.05, 0) is 18.6 Å². The SMILES string of the molecule is Cl.Cn1ncnc1-n1cc(C(=O)O)c(=O)c2cc(F)c(N3CCC(N)C3)cc21. The number of carboxylic acids is 1. The van der Waals surface area contributed by atoms with Gasteiger partial charge in [0.2, 0.25) is 11.4 Å². The van der Waals surface area contributed by atoms with Gasteiger partial charge in [0.25, 0.3) is 0 Å². The molecule has 148 valence electrons. The average Bonchev–Trinajstić information content (AvgIpc) is 3.23. The first kappa shape index (κ1) is 19.8. The lowest BCUT2D eigenvalue weighted by molar-refractivity contribution is 0.0695. The van der Waals surface area contributed by atoms with Crippen LogP contribution in [0.2, 0.25) is 0 Å². The molecule has 1 aliphatic rings. The molecule has 0 amide bonds. The zero-order valence-electron chi connectivity index (χ0n) is 14.9. The second-order valence-corrected chi connectivity index (χ2v) is 6.55. The molecule has 2 aromatic heterocycles. The van der Waals surface area contributed by atoms with Crippen molar-refractivity contribution in [2.45, 2.75) is 12.5 Å². The summed E-state index contributed by atoms with van der Waals surface area (Å²) in [5, 5.41) is 13.3. The van der Waals surface area contributed by atoms with Crippen LogP contribution in [0.25, 0.3) is 16.9 Å². The van der Waals surface area contributed by atoms with Gasteiger partial charge in [0.1, 0.15) is 17.7 Å². The van der Waals surface area contributed by atoms with E-state index >= 15 is 0 Å². The Bertz CT molecular complexity index is 1130. The molecule has 1 aliphatic heterocycles. The van der Waals surface area contributed by atoms with Gasteiger partial charge < -0.3 is 15.7 Å². The quantitative estimate of drug-likeness (QED) is 0.661. The number of pyridine rings is 1. The van der Waals surface area contributed by atoms with Gasteiger partial charge in [0.05, 0.1) is 16.6 Å². The molecular weight excluding hydrogens is 391 g/mol. The Morgan fingerprint density at radius 3 is 2.71 bits per heavy atom. The zero-order valence-corrected chi connectivity index (χ0v) is 15.7. The van der Waals surface area contributed by atoms with E-state index in [1.165, 1.54) is 27.8 Å². The maximum absolute atomic E-state index is 14.8. The summed E-state index contributed by atoms with van der Waals surface area (Å²) in [5.41, 5.74) is 5.36. The number of carbonyl (C=O) groups is 1. The van der Waals surface area contributed by atoms with Crippen LogP contribution in [-0.2, 0) is 7.05 Å². The number of aromatic nitrogens is 4. The standard InChI is InChI=1S/C17H17FN6O3.ClH/c1-22-17(20-8-21-22)24-7-11(16(26)27)15(25)10-4-12(18)14(5-13(10)24)23-3-2-9(19)6-23;/h4-5,7-9H,2-3,6,19H2,1H3,(H,26,27);1H. The van der Waals surface area contributed by atoms with Crippen molar-refractivity contribution < 1.29 is 14.3 Å². The lowest BCUT2D eigenvalue weighted by atomic mass is 10.1. The largest absolute Gasteiger partial charge is 0.477 e. The van der Waals surface area contributed by atoms with Crippen molar-refractivity contribution in [2.24, 2.45) is 12.8 Å². The molecular formula is C17H18ClFN6O3. The molecule has 28 heavy (non-hydrogen) atoms. The number of aryl methyl sites for hydroxylation is 1. The molecule has 3 aromatic rings. The first-order chi connectivity index (χ1) is 12.9. The zero-order chi connectivity index (χ0) is 19.3. The van der Waals surface area contributed by atoms with Gasteiger partial charge in [-0.15, -0.1) is 12.4 Å². The number of hydrogen-bond acceptors (Lipinski definition) is 6. The fraction of sp³-hybridized carbons (Fsp3) is 0.294. The third kappa shape index (κ3) is 3.10. The van der Waals surface area contributed by atoms with Crippen LogP contribution < -0.4 is 16.1 Å². The van der Waals surface area contributed by atoms with Crippen LogP contribution >= 0.6 is 12.4 Å². The first-order valence-corrected chi connectivity index (χ1v) is 8.34. The van der Waals surface area contributed by atoms with Crippen LogP contribution in [0.4, 0.5) is 10.1 Å². The van der Waals surface area contributed by atoms with Gasteiger partial charge in [0.15, 0.2) is 0 Å². The number of benzene rings is 1. The van der Waals surface area contributed by atoms with E-state index in [-0.39, 0.29) is 23.8 Å². The predicted molar refractivity (Wildman–Crippen MR) is 103 cm³/mol. The second kappa shape index (κ2) is 7.21. The number of nitrogens with two attached hydrogens (primary N) is 1. The van der Waals surface area contributed by atoms with Crippen molar-refractivity contribution in [2.75, 3.05) is 18.0 Å². The molecule has 1 aromatic carbocycles. The van der Waals surface area contributed by atoms with Crippen molar-refractivity contribution in [1.29, 1.82) is 0 Å². The third-order valence-corrected chi connectivity index (χ3v) is 4.77. The molecule has 0 aliphatic carbocycles. The van der Waals surface area contributed by atoms with Crippen LogP contribution in [-0.4, -0.2) is 49.5 Å². The summed E-state index contributed by atoms with van der Waals surface area (Å²) < 4.78 is 17.6. The lowest BCUT2D eigenvalue weighted by Gasteiger charge is -2.20. The average molecular weight is 409 g/mol. The molecule has 9 nitrogen and oxygen atoms in total. The van der Waals surface area contributed by atoms with Crippen LogP contribution in [0, 0.1) is 5.82 Å². The van der Waals surface area contributed by atoms with Crippen molar-refractivity contribution in [3.63, 3.8) is 0 Å². The number of halogens is 2. The molecule has 4 rings (SSSR count). The molecule has 0 radical (unpaired) electrons. The Morgan fingerprint density at radius 1 is 1.39 bits per heavy atom. The van der Waals surface area contributed by atoms with Crippen molar-refractivity contribution in [3.8, 4) is 5.95 Å². The Morgan fingerprint density at radius 2 is 2.14 bits per heavy atom. The normalized spacial score (nSPS) is 16.4. The Kier molecular flexibility index (Phi) is 5.09. The van der Waals surface area contributed by atoms with Crippen molar-refractivity contribution in [3.05, 3.63) is 46.3 Å². The Labute approximate surface area is 164 Å². The van der Waals surface area contributed by atoms with Gasteiger partial charge in [0, 0.05) is 32.4 Å². The van der Waals surface area contributed by atoms with Crippen LogP contribution in [0.1, 0.15) is 16.8 Å². The van der Waals surface area contributed by atoms with Gasteiger partial charge in [-0.3, -0.25) is 9.36 Å². The van der Waals surface area contributed by atoms with E-state index in [4.69, 9.17) is 5.73 Å². The highest BCUT2D eigenvalue weighted by molar-refractivity contribution is 5.94. The molecule has 0 saturated carbocycles. The highest BCUT2D eigenvalue weighted by Crippen LogP contribution is 2.28. The van der Waals surface area contributed by atoms with Crippen LogP contribution in [0.15, 0.2) is 29.5 Å². The topological polar surface area (TPSA) is 119 Å². The summed E-state index contributed by atoms with van der Waals surface area (Å²) in [7, 11) is 1.64. The fourth-order valence-electron chi connectivity index (χ4n) is 3.41. The number of hydrogen-bond donors (Lipinski definition) is 2. The molecule has 1 fully saturated rings. The maximum atomic E-state index is 14.8. The lowest BCUT2D eigenvalue weighted by Crippen LogP contribution is -2.27. The minimum atomic E-state index is -1.40. The van der Waals surface area contributed by atoms with E-state index in [9.17, 15) is 19.1 Å². The number of anilines is 1. The molecule has 0 spiro atoms. The molecule has 11 heteroatoms. The smallest absolute Gasteiger partial charge is 0.341 e. The number of aromatic carboxylic acids is 1. The molecule has 1 saturated heterocycles. The van der Waals surface area contributed by atoms with Gasteiger partial charge in [-0.25, -0.2) is 13.9 Å². The minimum absolute atomic E-state index is 0. The number of rotatable bonds is 3. The molecule has 3 N–H and O–H groups in total. The molecule has 1 unspecified atom stereocenters. The summed E-state index contributed by atoms with van der Waals surface area (Å²) in [6, 6.07) is 2.57. The number of nitrogens with zero attached hydrogens (tertiary/aromatic N) is 5. The van der Waals surface area contributed by atoms with E-state index in [1.807, 2.05) is 4.90 Å². The highest BCUT2D eigenvalue weighted by atomic mass is 35.5. The monoisotopic (exact) mass is 408 g/mol. The van der Waals surface area contributed by atoms with E-state index in [2.05, 4.69) is 10.1 Å². The summed E-state index contributed by atoms with van der Waals surface area (Å²) in [4.78, 5) is 30.0. The van der Waals surface area contributed by atoms with Crippen molar-refractivity contribution in [1.82, 2.24) is 19.3 Å². The summed E-state index contributed by atoms with van der Waals surface area (Å²) in [6.45, 7) is 1.11. The van der Waals surface area contributed by atoms with Crippen LogP contribution in [0.3, 0.4) is 0 Å². The molecule has 0 bridgehead atoms. The third-order valence-electron chi connectivity index (χ3n) is 4.77. The minimum Gasteiger partial charge on any atom is -0.477 e. The number of fused-ring (bicyclic) bond motifs is 1. The van der Waals surface area contributed by atoms with Crippen molar-refractivity contribution >= 4 is 35.0 Å². The summed E-state index contributed by atoms with van der Waals surface area (Å²) in [6.07, 6.45) is 3.24. The highest BCUT2D eigenvalue weighted by Gasteiger charge is 2.25. The van der Waals surface area contributed by atoms with E-state index in [1.54, 1.807) is 7.05 Å². The van der Waals surface area contributed by atoms with E-state index in [0.29, 0.717) is 30.2 Å². The Balaban J connectivity index is 0.00000225. The summed E-state index contributed by atoms with van der Waals surface area (Å²) in [5.74, 6) is -1.69. The number of carboxylic acid groups (broad SMARTS) is 1. The van der Waals surface area contributed by atoms with Crippen LogP contribution in [0.5, 0.6) is 0 Å². The van der Waals surface area contributed by atoms with Gasteiger partial charge in [-0.1, -0.05) is 0 Å². The fourth-order valence-corrected chi connectivity index (χ4v) is 3.41. The summed E-state index contributed by atoms with van der Waals surface area (Å²) >= 11 is 0. The maximum Gasteiger partial charge on any atom is 0.341 e. The predicted octanol–water partition coefficient (Wildman–Crippen LogP) is 0.916. The van der Waals surface area contributed by atoms with Gasteiger partial charge in [-0.2, -0.15) is 10.1 Å². The van der Waals surface area contributed by atoms with Gasteiger partial charge >= 0.3 is 5.97 Å². The second-order valence-electron chi connectivity index (χ2n) is 6.55. The first-order valence-electron chi connectivity index (χ1n) is 8.34. The molecule has 3 heterocycles.